The minimum atomic E-state index is -4.65. The number of ether oxygens (including phenoxy) is 3. The van der Waals surface area contributed by atoms with Gasteiger partial charge in [-0.25, -0.2) is 12.7 Å². The Hall–Kier alpha value is -3.30. The lowest BCUT2D eigenvalue weighted by Gasteiger charge is -2.38. The van der Waals surface area contributed by atoms with E-state index in [1.54, 1.807) is 7.11 Å². The van der Waals surface area contributed by atoms with Gasteiger partial charge in [-0.3, -0.25) is 19.6 Å². The zero-order valence-electron chi connectivity index (χ0n) is 28.7. The first-order valence-electron chi connectivity index (χ1n) is 16.4. The number of aliphatic imine (C=N–C) groups is 1. The van der Waals surface area contributed by atoms with Crippen molar-refractivity contribution in [3.8, 4) is 5.75 Å². The molecule has 2 aromatic rings. The van der Waals surface area contributed by atoms with Crippen LogP contribution in [0, 0.1) is 6.92 Å². The predicted molar refractivity (Wildman–Crippen MR) is 180 cm³/mol. The van der Waals surface area contributed by atoms with Crippen molar-refractivity contribution in [3.63, 3.8) is 0 Å². The van der Waals surface area contributed by atoms with Gasteiger partial charge in [0.25, 0.3) is 5.91 Å². The average Bonchev–Trinajstić information content (AvgIpc) is 3.30. The molecule has 0 aliphatic carbocycles. The van der Waals surface area contributed by atoms with E-state index in [-0.39, 0.29) is 61.3 Å². The largest absolute Gasteiger partial charge is 0.493 e. The number of sulfonamides is 1. The van der Waals surface area contributed by atoms with Crippen molar-refractivity contribution < 1.29 is 40.6 Å². The van der Waals surface area contributed by atoms with Gasteiger partial charge in [-0.05, 0) is 81.5 Å². The molecule has 1 unspecified atom stereocenters. The number of piperidine rings is 1. The lowest BCUT2D eigenvalue weighted by molar-refractivity contribution is -0.137. The molecular formula is C35H45F3N4O6S. The highest BCUT2D eigenvalue weighted by Gasteiger charge is 2.50. The van der Waals surface area contributed by atoms with Crippen LogP contribution < -0.4 is 4.74 Å². The topological polar surface area (TPSA) is 101 Å². The molecule has 1 atom stereocenters. The molecule has 2 aromatic carbocycles. The smallest absolute Gasteiger partial charge is 0.416 e. The Morgan fingerprint density at radius 1 is 1.00 bits per heavy atom. The van der Waals surface area contributed by atoms with Crippen molar-refractivity contribution in [1.82, 2.24) is 14.1 Å². The number of rotatable bonds is 1. The lowest BCUT2D eigenvalue weighted by Crippen LogP contribution is -2.51. The predicted octanol–water partition coefficient (Wildman–Crippen LogP) is 4.75. The molecule has 10 nitrogen and oxygen atoms in total. The van der Waals surface area contributed by atoms with Gasteiger partial charge in [-0.1, -0.05) is 30.4 Å². The second-order valence-corrected chi connectivity index (χ2v) is 15.1. The van der Waals surface area contributed by atoms with Crippen LogP contribution in [0.3, 0.4) is 0 Å². The van der Waals surface area contributed by atoms with Crippen LogP contribution >= 0.6 is 0 Å². The summed E-state index contributed by atoms with van der Waals surface area (Å²) >= 11 is 0. The first kappa shape index (κ1) is 37.0. The second kappa shape index (κ2) is 14.5. The van der Waals surface area contributed by atoms with Crippen LogP contribution in [0.25, 0.3) is 0 Å². The third-order valence-electron chi connectivity index (χ3n) is 9.91. The minimum Gasteiger partial charge on any atom is -0.493 e. The minimum absolute atomic E-state index is 0.00500. The Labute approximate surface area is 286 Å². The van der Waals surface area contributed by atoms with Gasteiger partial charge >= 0.3 is 6.18 Å². The Morgan fingerprint density at radius 3 is 2.41 bits per heavy atom. The van der Waals surface area contributed by atoms with E-state index in [4.69, 9.17) is 19.2 Å². The van der Waals surface area contributed by atoms with Crippen LogP contribution in [0.4, 0.5) is 13.2 Å². The maximum absolute atomic E-state index is 13.9. The lowest BCUT2D eigenvalue weighted by atomic mass is 9.89. The number of halogens is 3. The first-order valence-corrected chi connectivity index (χ1v) is 18.0. The number of aryl methyl sites for hydroxylation is 2. The van der Waals surface area contributed by atoms with Crippen molar-refractivity contribution in [3.05, 3.63) is 76.4 Å². The molecule has 0 saturated carbocycles. The monoisotopic (exact) mass is 706 g/mol. The molecule has 5 aliphatic rings. The molecule has 14 heteroatoms. The fourth-order valence-corrected chi connectivity index (χ4v) is 8.03. The molecule has 49 heavy (non-hydrogen) atoms. The summed E-state index contributed by atoms with van der Waals surface area (Å²) in [6, 6.07) is 9.27. The Balaban J connectivity index is 1.43. The molecule has 7 bridgehead atoms. The maximum Gasteiger partial charge on any atom is 0.416 e. The molecule has 1 amide bonds. The molecule has 0 aromatic heterocycles. The van der Waals surface area contributed by atoms with E-state index in [9.17, 15) is 26.4 Å². The first-order chi connectivity index (χ1) is 23.1. The highest BCUT2D eigenvalue weighted by atomic mass is 32.2. The Bertz CT molecular complexity index is 1710. The van der Waals surface area contributed by atoms with E-state index in [0.717, 1.165) is 28.8 Å². The zero-order valence-corrected chi connectivity index (χ0v) is 29.5. The molecule has 7 rings (SSSR count). The highest BCUT2D eigenvalue weighted by molar-refractivity contribution is 7.89. The van der Waals surface area contributed by atoms with Gasteiger partial charge in [0.05, 0.1) is 31.1 Å². The standard InChI is InChI=1S/C35H45F3N4O6S/c1-25-21-28-10-9-26(25)11-20-49(44,45)42-14-12-34(13-15-42)32(43)41(4)31(39-34)27-22-29(35(36,37)38)24-30(23-27)48-18-8-6-7-17-47-19-16-40(3)33(28,2)46-5/h6-7,9-10,21-24H,8,11-20H2,1-5H3/b7-6+. The fourth-order valence-electron chi connectivity index (χ4n) is 6.55. The number of alkyl halides is 3. The molecule has 268 valence electrons. The number of amides is 1. The van der Waals surface area contributed by atoms with Crippen molar-refractivity contribution in [1.29, 1.82) is 0 Å². The number of fused-ring (bicyclic) bond motifs is 2. The molecule has 1 fully saturated rings. The number of benzene rings is 2. The summed E-state index contributed by atoms with van der Waals surface area (Å²) in [5.41, 5.74) is -0.0439. The highest BCUT2D eigenvalue weighted by Crippen LogP contribution is 2.38. The van der Waals surface area contributed by atoms with Gasteiger partial charge in [-0.15, -0.1) is 0 Å². The zero-order chi connectivity index (χ0) is 35.6. The van der Waals surface area contributed by atoms with Crippen molar-refractivity contribution >= 4 is 21.8 Å². The molecule has 0 N–H and O–H groups in total. The quantitative estimate of drug-likeness (QED) is 0.395. The SMILES string of the molecule is COC1(C)c2ccc(c(C)c2)CCS(=O)(=O)N2CCC3(CC2)N=C(c2cc(cc(C(F)(F)F)c2)OCC/C=C/COCCN1C)N(C)C3=O. The molecule has 0 radical (unpaired) electrons. The van der Waals surface area contributed by atoms with Crippen molar-refractivity contribution in [2.24, 2.45) is 4.99 Å². The van der Waals surface area contributed by atoms with Gasteiger partial charge in [0.1, 0.15) is 22.8 Å². The summed E-state index contributed by atoms with van der Waals surface area (Å²) in [6.07, 6.45) is 0.0122. The summed E-state index contributed by atoms with van der Waals surface area (Å²) in [5.74, 6) is -0.376. The molecule has 5 heterocycles. The number of likely N-dealkylation sites (N-methyl/N-ethyl adjacent to an activating group) is 2. The van der Waals surface area contributed by atoms with Crippen LogP contribution in [-0.2, 0) is 42.6 Å². The van der Waals surface area contributed by atoms with E-state index in [1.165, 1.54) is 22.3 Å². The van der Waals surface area contributed by atoms with E-state index in [2.05, 4.69) is 0 Å². The third-order valence-corrected chi connectivity index (χ3v) is 11.8. The second-order valence-electron chi connectivity index (χ2n) is 13.0. The van der Waals surface area contributed by atoms with Crippen LogP contribution in [-0.4, -0.2) is 106 Å². The van der Waals surface area contributed by atoms with Gasteiger partial charge in [0.15, 0.2) is 0 Å². The number of hydrogen-bond donors (Lipinski definition) is 0. The summed E-state index contributed by atoms with van der Waals surface area (Å²) in [4.78, 5) is 21.6. The number of carbonyl (C=O) groups is 1. The van der Waals surface area contributed by atoms with Gasteiger partial charge in [-0.2, -0.15) is 13.2 Å². The Morgan fingerprint density at radius 2 is 1.73 bits per heavy atom. The molecular weight excluding hydrogens is 661 g/mol. The van der Waals surface area contributed by atoms with Gasteiger partial charge < -0.3 is 14.2 Å². The number of carbonyl (C=O) groups excluding carboxylic acids is 1. The number of nitrogens with zero attached hydrogens (tertiary/aromatic N) is 4. The molecule has 1 spiro atoms. The van der Waals surface area contributed by atoms with Crippen LogP contribution in [0.15, 0.2) is 53.5 Å². The van der Waals surface area contributed by atoms with E-state index >= 15 is 0 Å². The van der Waals surface area contributed by atoms with E-state index in [1.807, 2.05) is 56.1 Å². The van der Waals surface area contributed by atoms with Crippen molar-refractivity contribution in [2.45, 2.75) is 57.0 Å². The summed E-state index contributed by atoms with van der Waals surface area (Å²) in [6.45, 7) is 5.54. The van der Waals surface area contributed by atoms with Crippen LogP contribution in [0.5, 0.6) is 5.75 Å². The van der Waals surface area contributed by atoms with Crippen LogP contribution in [0.1, 0.15) is 54.0 Å². The average molecular weight is 707 g/mol. The van der Waals surface area contributed by atoms with Crippen LogP contribution in [0.2, 0.25) is 0 Å². The molecule has 1 saturated heterocycles. The summed E-state index contributed by atoms with van der Waals surface area (Å²) in [7, 11) is 1.39. The number of amidine groups is 1. The summed E-state index contributed by atoms with van der Waals surface area (Å²) < 4.78 is 87.6. The fraction of sp³-hybridized carbons (Fsp3) is 0.543. The normalized spacial score (nSPS) is 28.2. The van der Waals surface area contributed by atoms with E-state index in [0.29, 0.717) is 32.6 Å². The third kappa shape index (κ3) is 7.88. The molecule has 5 aliphatic heterocycles. The van der Waals surface area contributed by atoms with Crippen molar-refractivity contribution in [2.75, 3.05) is 66.4 Å². The number of methoxy groups -OCH3 is 1. The van der Waals surface area contributed by atoms with E-state index < -0.39 is 33.0 Å². The Kier molecular flexibility index (Phi) is 10.9. The van der Waals surface area contributed by atoms with Gasteiger partial charge in [0.2, 0.25) is 10.0 Å². The maximum atomic E-state index is 13.9. The summed E-state index contributed by atoms with van der Waals surface area (Å²) in [5, 5.41) is 0. The van der Waals surface area contributed by atoms with Gasteiger partial charge in [0, 0.05) is 39.4 Å². The number of hydrogen-bond acceptors (Lipinski definition) is 8.